The molecule has 1 rings (SSSR count). The number of nitro benzene ring substituents is 1. The molecule has 0 bridgehead atoms. The van der Waals surface area contributed by atoms with Crippen LogP contribution in [0.4, 0.5) is 11.4 Å². The molecule has 76 valence electrons. The van der Waals surface area contributed by atoms with Crippen LogP contribution in [0.2, 0.25) is 0 Å². The molecule has 0 saturated carbocycles. The maximum absolute atomic E-state index is 10.7. The van der Waals surface area contributed by atoms with E-state index in [4.69, 9.17) is 0 Å². The molecule has 1 aromatic rings. The second-order valence-electron chi connectivity index (χ2n) is 3.06. The van der Waals surface area contributed by atoms with Gasteiger partial charge in [-0.3, -0.25) is 10.1 Å². The van der Waals surface area contributed by atoms with E-state index in [0.717, 1.165) is 5.56 Å². The van der Waals surface area contributed by atoms with Gasteiger partial charge in [-0.15, -0.1) is 10.7 Å². The zero-order chi connectivity index (χ0) is 10.7. The van der Waals surface area contributed by atoms with Crippen molar-refractivity contribution in [3.05, 3.63) is 33.9 Å². The highest BCUT2D eigenvalue weighted by Crippen LogP contribution is 2.30. The minimum Gasteiger partial charge on any atom is -0.258 e. The SMILES string of the molecule is Cc1cccc([N+](=O)[O-])c1N=S(C)C. The van der Waals surface area contributed by atoms with Crippen LogP contribution < -0.4 is 0 Å². The molecule has 0 aliphatic carbocycles. The Kier molecular flexibility index (Phi) is 3.35. The van der Waals surface area contributed by atoms with Gasteiger partial charge < -0.3 is 0 Å². The van der Waals surface area contributed by atoms with Gasteiger partial charge in [-0.2, -0.15) is 0 Å². The molecule has 0 N–H and O–H groups in total. The van der Waals surface area contributed by atoms with Gasteiger partial charge in [-0.25, -0.2) is 4.36 Å². The Balaban J connectivity index is 3.37. The molecule has 1 aromatic carbocycles. The number of rotatable bonds is 2. The van der Waals surface area contributed by atoms with Crippen molar-refractivity contribution < 1.29 is 4.92 Å². The van der Waals surface area contributed by atoms with Crippen molar-refractivity contribution in [3.8, 4) is 0 Å². The first-order chi connectivity index (χ1) is 6.52. The Bertz CT molecular complexity index is 398. The molecule has 0 spiro atoms. The maximum Gasteiger partial charge on any atom is 0.295 e. The number of aryl methyl sites for hydroxylation is 1. The fraction of sp³-hybridized carbons (Fsp3) is 0.333. The van der Waals surface area contributed by atoms with Crippen LogP contribution in [-0.2, 0) is 10.7 Å². The van der Waals surface area contributed by atoms with Crippen molar-refractivity contribution in [2.45, 2.75) is 6.92 Å². The maximum atomic E-state index is 10.7. The molecule has 0 radical (unpaired) electrons. The van der Waals surface area contributed by atoms with Gasteiger partial charge in [-0.05, 0) is 25.0 Å². The minimum atomic E-state index is -0.390. The van der Waals surface area contributed by atoms with Crippen LogP contribution in [0.25, 0.3) is 0 Å². The largest absolute Gasteiger partial charge is 0.295 e. The molecule has 0 atom stereocenters. The van der Waals surface area contributed by atoms with Crippen LogP contribution in [0.15, 0.2) is 22.6 Å². The fourth-order valence-electron chi connectivity index (χ4n) is 1.09. The van der Waals surface area contributed by atoms with Crippen LogP contribution in [0.5, 0.6) is 0 Å². The molecule has 0 aromatic heterocycles. The van der Waals surface area contributed by atoms with Crippen LogP contribution >= 0.6 is 0 Å². The molecule has 0 saturated heterocycles. The van der Waals surface area contributed by atoms with E-state index < -0.39 is 4.92 Å². The highest BCUT2D eigenvalue weighted by atomic mass is 32.2. The van der Waals surface area contributed by atoms with E-state index in [-0.39, 0.29) is 16.4 Å². The van der Waals surface area contributed by atoms with E-state index in [0.29, 0.717) is 5.69 Å². The molecule has 5 heteroatoms. The van der Waals surface area contributed by atoms with E-state index in [9.17, 15) is 10.1 Å². The molecular weight excluding hydrogens is 200 g/mol. The van der Waals surface area contributed by atoms with Gasteiger partial charge in [0.25, 0.3) is 5.69 Å². The average molecular weight is 212 g/mol. The van der Waals surface area contributed by atoms with Crippen LogP contribution in [0.1, 0.15) is 5.56 Å². The summed E-state index contributed by atoms with van der Waals surface area (Å²) < 4.78 is 4.27. The smallest absolute Gasteiger partial charge is 0.258 e. The Morgan fingerprint density at radius 3 is 2.57 bits per heavy atom. The van der Waals surface area contributed by atoms with E-state index >= 15 is 0 Å². The number of benzene rings is 1. The predicted octanol–water partition coefficient (Wildman–Crippen LogP) is 2.60. The summed E-state index contributed by atoms with van der Waals surface area (Å²) in [5.74, 6) is 0. The van der Waals surface area contributed by atoms with Crippen molar-refractivity contribution in [2.24, 2.45) is 4.36 Å². The number of nitro groups is 1. The molecule has 0 heterocycles. The van der Waals surface area contributed by atoms with Crippen LogP contribution in [-0.4, -0.2) is 17.4 Å². The summed E-state index contributed by atoms with van der Waals surface area (Å²) >= 11 is 0. The Labute approximate surface area is 85.2 Å². The highest BCUT2D eigenvalue weighted by molar-refractivity contribution is 7.85. The normalized spacial score (nSPS) is 10.3. The first-order valence-corrected chi connectivity index (χ1v) is 6.05. The molecule has 0 amide bonds. The number of hydrogen-bond donors (Lipinski definition) is 0. The van der Waals surface area contributed by atoms with E-state index in [1.807, 2.05) is 25.5 Å². The van der Waals surface area contributed by atoms with Crippen molar-refractivity contribution >= 4 is 22.1 Å². The predicted molar refractivity (Wildman–Crippen MR) is 59.1 cm³/mol. The molecule has 0 aliphatic heterocycles. The van der Waals surface area contributed by atoms with E-state index in [1.165, 1.54) is 6.07 Å². The van der Waals surface area contributed by atoms with Crippen molar-refractivity contribution in [2.75, 3.05) is 12.5 Å². The summed E-state index contributed by atoms with van der Waals surface area (Å²) in [5.41, 5.74) is 1.44. The minimum absolute atomic E-state index is 0.0891. The average Bonchev–Trinajstić information content (AvgIpc) is 2.07. The van der Waals surface area contributed by atoms with Crippen molar-refractivity contribution in [3.63, 3.8) is 0 Å². The molecule has 4 nitrogen and oxygen atoms in total. The standard InChI is InChI=1S/C9H12N2O2S/c1-7-5-4-6-8(11(12)13)9(7)10-14(2)3/h4-6H,1-3H3. The first-order valence-electron chi connectivity index (χ1n) is 4.06. The van der Waals surface area contributed by atoms with Gasteiger partial charge in [0.1, 0.15) is 0 Å². The van der Waals surface area contributed by atoms with Crippen molar-refractivity contribution in [1.82, 2.24) is 0 Å². The fourth-order valence-corrected chi connectivity index (χ4v) is 1.69. The Morgan fingerprint density at radius 1 is 1.43 bits per heavy atom. The third-order valence-corrected chi connectivity index (χ3v) is 2.23. The molecule has 0 fully saturated rings. The lowest BCUT2D eigenvalue weighted by Crippen LogP contribution is -1.90. The lowest BCUT2D eigenvalue weighted by atomic mass is 10.2. The van der Waals surface area contributed by atoms with E-state index in [1.54, 1.807) is 6.07 Å². The van der Waals surface area contributed by atoms with Crippen LogP contribution in [0.3, 0.4) is 0 Å². The lowest BCUT2D eigenvalue weighted by molar-refractivity contribution is -0.384. The Morgan fingerprint density at radius 2 is 2.07 bits per heavy atom. The van der Waals surface area contributed by atoms with Gasteiger partial charge in [-0.1, -0.05) is 12.1 Å². The lowest BCUT2D eigenvalue weighted by Gasteiger charge is -2.01. The second-order valence-corrected chi connectivity index (χ2v) is 4.79. The van der Waals surface area contributed by atoms with Gasteiger partial charge in [0, 0.05) is 6.07 Å². The quantitative estimate of drug-likeness (QED) is 0.559. The molecule has 0 unspecified atom stereocenters. The number of nitrogens with zero attached hydrogens (tertiary/aromatic N) is 2. The van der Waals surface area contributed by atoms with Gasteiger partial charge in [0.05, 0.1) is 4.92 Å². The summed E-state index contributed by atoms with van der Waals surface area (Å²) in [6.45, 7) is 1.83. The molecular formula is C9H12N2O2S. The molecule has 0 aliphatic rings. The van der Waals surface area contributed by atoms with E-state index in [2.05, 4.69) is 4.36 Å². The highest BCUT2D eigenvalue weighted by Gasteiger charge is 2.14. The van der Waals surface area contributed by atoms with Gasteiger partial charge in [0.15, 0.2) is 5.69 Å². The topological polar surface area (TPSA) is 55.5 Å². The second kappa shape index (κ2) is 4.32. The summed E-state index contributed by atoms with van der Waals surface area (Å²) in [7, 11) is -0.183. The third kappa shape index (κ3) is 2.38. The summed E-state index contributed by atoms with van der Waals surface area (Å²) in [6, 6.07) is 4.99. The monoisotopic (exact) mass is 212 g/mol. The summed E-state index contributed by atoms with van der Waals surface area (Å²) in [4.78, 5) is 10.3. The number of hydrogen-bond acceptors (Lipinski definition) is 3. The Hall–Kier alpha value is -1.23. The summed E-state index contributed by atoms with van der Waals surface area (Å²) in [6.07, 6.45) is 3.85. The van der Waals surface area contributed by atoms with Crippen LogP contribution in [0, 0.1) is 17.0 Å². The van der Waals surface area contributed by atoms with Gasteiger partial charge in [0.2, 0.25) is 0 Å². The molecule has 14 heavy (non-hydrogen) atoms. The zero-order valence-electron chi connectivity index (χ0n) is 8.35. The van der Waals surface area contributed by atoms with Gasteiger partial charge >= 0.3 is 0 Å². The summed E-state index contributed by atoms with van der Waals surface area (Å²) in [5, 5.41) is 10.7. The zero-order valence-corrected chi connectivity index (χ0v) is 9.17. The first kappa shape index (κ1) is 10.8. The van der Waals surface area contributed by atoms with Crippen molar-refractivity contribution in [1.29, 1.82) is 0 Å². The third-order valence-electron chi connectivity index (χ3n) is 1.69.